The number of aromatic nitrogens is 4. The predicted molar refractivity (Wildman–Crippen MR) is 100 cm³/mol. The first-order valence-corrected chi connectivity index (χ1v) is 9.18. The second-order valence-electron chi connectivity index (χ2n) is 6.72. The molecule has 0 atom stereocenters. The van der Waals surface area contributed by atoms with E-state index in [9.17, 15) is 26.7 Å². The maximum atomic E-state index is 12.9. The summed E-state index contributed by atoms with van der Waals surface area (Å²) in [4.78, 5) is 19.8. The fourth-order valence-electron chi connectivity index (χ4n) is 3.02. The summed E-state index contributed by atoms with van der Waals surface area (Å²) in [6.07, 6.45) is -4.88. The Kier molecular flexibility index (Phi) is 6.46. The van der Waals surface area contributed by atoms with Gasteiger partial charge in [-0.2, -0.15) is 26.9 Å². The highest BCUT2D eigenvalue weighted by Crippen LogP contribution is 2.29. The molecular formula is C19H18F5N5O3. The van der Waals surface area contributed by atoms with E-state index in [0.717, 1.165) is 4.52 Å². The Labute approximate surface area is 178 Å². The van der Waals surface area contributed by atoms with E-state index in [0.29, 0.717) is 22.5 Å². The summed E-state index contributed by atoms with van der Waals surface area (Å²) in [5.41, 5.74) is 1.62. The molecule has 32 heavy (non-hydrogen) atoms. The minimum atomic E-state index is -4.72. The number of nitrogens with one attached hydrogen (secondary N) is 1. The lowest BCUT2D eigenvalue weighted by molar-refractivity contribution is -0.144. The summed E-state index contributed by atoms with van der Waals surface area (Å²) >= 11 is 0. The molecule has 13 heteroatoms. The van der Waals surface area contributed by atoms with Crippen molar-refractivity contribution in [1.29, 1.82) is 0 Å². The predicted octanol–water partition coefficient (Wildman–Crippen LogP) is 3.23. The molecule has 1 N–H and O–H groups in total. The SMILES string of the molecule is COc1cc(CNC(=O)Cc2c(C)nc3nc(C(F)(F)F)nn3c2C)ccc1OC(F)F. The van der Waals surface area contributed by atoms with Crippen molar-refractivity contribution >= 4 is 11.7 Å². The highest BCUT2D eigenvalue weighted by atomic mass is 19.4. The molecule has 1 aromatic carbocycles. The van der Waals surface area contributed by atoms with Gasteiger partial charge in [-0.05, 0) is 31.5 Å². The highest BCUT2D eigenvalue weighted by molar-refractivity contribution is 5.79. The van der Waals surface area contributed by atoms with Gasteiger partial charge in [0.25, 0.3) is 11.6 Å². The zero-order valence-corrected chi connectivity index (χ0v) is 17.1. The first-order valence-electron chi connectivity index (χ1n) is 9.18. The Bertz CT molecular complexity index is 1150. The van der Waals surface area contributed by atoms with Crippen molar-refractivity contribution in [1.82, 2.24) is 24.9 Å². The Hall–Kier alpha value is -3.51. The van der Waals surface area contributed by atoms with Crippen molar-refractivity contribution in [2.45, 2.75) is 39.6 Å². The van der Waals surface area contributed by atoms with E-state index in [-0.39, 0.29) is 30.2 Å². The maximum Gasteiger partial charge on any atom is 0.453 e. The molecule has 0 radical (unpaired) electrons. The molecule has 3 rings (SSSR count). The van der Waals surface area contributed by atoms with Crippen LogP contribution in [0.3, 0.4) is 0 Å². The molecule has 172 valence electrons. The number of halogens is 5. The smallest absolute Gasteiger partial charge is 0.453 e. The van der Waals surface area contributed by atoms with Gasteiger partial charge in [0.05, 0.1) is 13.5 Å². The molecule has 0 aliphatic carbocycles. The zero-order valence-electron chi connectivity index (χ0n) is 17.1. The third-order valence-electron chi connectivity index (χ3n) is 4.57. The van der Waals surface area contributed by atoms with Crippen LogP contribution in [-0.4, -0.2) is 39.2 Å². The number of benzene rings is 1. The van der Waals surface area contributed by atoms with Crippen molar-refractivity contribution in [3.63, 3.8) is 0 Å². The van der Waals surface area contributed by atoms with Gasteiger partial charge in [-0.15, -0.1) is 5.10 Å². The average molecular weight is 459 g/mol. The summed E-state index contributed by atoms with van der Waals surface area (Å²) in [5, 5.41) is 6.10. The minimum absolute atomic E-state index is 0.0550. The Morgan fingerprint density at radius 3 is 2.53 bits per heavy atom. The van der Waals surface area contributed by atoms with Crippen LogP contribution in [0.2, 0.25) is 0 Å². The monoisotopic (exact) mass is 459 g/mol. The second-order valence-corrected chi connectivity index (χ2v) is 6.72. The fraction of sp³-hybridized carbons (Fsp3) is 0.368. The van der Waals surface area contributed by atoms with Crippen LogP contribution in [0, 0.1) is 13.8 Å². The van der Waals surface area contributed by atoms with E-state index in [1.54, 1.807) is 6.92 Å². The number of fused-ring (bicyclic) bond motifs is 1. The average Bonchev–Trinajstić information content (AvgIpc) is 3.14. The molecule has 0 bridgehead atoms. The standard InChI is InChI=1S/C19H18F5N5O3/c1-9-12(10(2)29-18(26-9)27-16(28-29)19(22,23)24)7-15(30)25-8-11-4-5-13(32-17(20)21)14(6-11)31-3/h4-6,17H,7-8H2,1-3H3,(H,25,30). The molecule has 0 fully saturated rings. The molecule has 8 nitrogen and oxygen atoms in total. The fourth-order valence-corrected chi connectivity index (χ4v) is 3.02. The van der Waals surface area contributed by atoms with Crippen molar-refractivity contribution < 1.29 is 36.2 Å². The molecule has 0 aliphatic heterocycles. The van der Waals surface area contributed by atoms with Crippen LogP contribution < -0.4 is 14.8 Å². The number of rotatable bonds is 7. The number of ether oxygens (including phenoxy) is 2. The van der Waals surface area contributed by atoms with E-state index in [1.807, 2.05) is 0 Å². The van der Waals surface area contributed by atoms with Crippen LogP contribution in [0.15, 0.2) is 18.2 Å². The van der Waals surface area contributed by atoms with Gasteiger partial charge in [-0.25, -0.2) is 9.50 Å². The van der Waals surface area contributed by atoms with Gasteiger partial charge in [0.2, 0.25) is 5.91 Å². The summed E-state index contributed by atoms with van der Waals surface area (Å²) < 4.78 is 73.8. The quantitative estimate of drug-likeness (QED) is 0.546. The van der Waals surface area contributed by atoms with Crippen LogP contribution in [0.1, 0.15) is 28.3 Å². The van der Waals surface area contributed by atoms with Gasteiger partial charge in [0.15, 0.2) is 11.5 Å². The van der Waals surface area contributed by atoms with Gasteiger partial charge < -0.3 is 14.8 Å². The molecule has 0 unspecified atom stereocenters. The lowest BCUT2D eigenvalue weighted by Crippen LogP contribution is -2.26. The first-order chi connectivity index (χ1) is 15.0. The van der Waals surface area contributed by atoms with Crippen molar-refractivity contribution in [3.05, 3.63) is 46.5 Å². The van der Waals surface area contributed by atoms with Crippen molar-refractivity contribution in [3.8, 4) is 11.5 Å². The van der Waals surface area contributed by atoms with Gasteiger partial charge in [0, 0.05) is 23.5 Å². The van der Waals surface area contributed by atoms with Gasteiger partial charge in [-0.3, -0.25) is 4.79 Å². The lowest BCUT2D eigenvalue weighted by atomic mass is 10.1. The van der Waals surface area contributed by atoms with Gasteiger partial charge in [0.1, 0.15) is 0 Å². The topological polar surface area (TPSA) is 90.6 Å². The highest BCUT2D eigenvalue weighted by Gasteiger charge is 2.37. The summed E-state index contributed by atoms with van der Waals surface area (Å²) in [6.45, 7) is 0.124. The van der Waals surface area contributed by atoms with Crippen LogP contribution in [0.4, 0.5) is 22.0 Å². The van der Waals surface area contributed by atoms with E-state index >= 15 is 0 Å². The second kappa shape index (κ2) is 8.93. The van der Waals surface area contributed by atoms with E-state index in [2.05, 4.69) is 25.1 Å². The maximum absolute atomic E-state index is 12.9. The van der Waals surface area contributed by atoms with Crippen LogP contribution in [0.25, 0.3) is 5.78 Å². The third kappa shape index (κ3) is 5.03. The molecular weight excluding hydrogens is 441 g/mol. The number of hydrogen-bond donors (Lipinski definition) is 1. The van der Waals surface area contributed by atoms with Gasteiger partial charge in [-0.1, -0.05) is 6.07 Å². The number of carbonyl (C=O) groups excluding carboxylic acids is 1. The summed E-state index contributed by atoms with van der Waals surface area (Å²) in [6, 6.07) is 4.22. The first kappa shape index (κ1) is 23.2. The molecule has 0 aliphatic rings. The minimum Gasteiger partial charge on any atom is -0.493 e. The van der Waals surface area contributed by atoms with E-state index in [4.69, 9.17) is 4.74 Å². The van der Waals surface area contributed by atoms with Crippen LogP contribution >= 0.6 is 0 Å². The molecule has 0 saturated heterocycles. The zero-order chi connectivity index (χ0) is 23.6. The Morgan fingerprint density at radius 2 is 1.91 bits per heavy atom. The molecule has 3 aromatic rings. The molecule has 2 aromatic heterocycles. The van der Waals surface area contributed by atoms with Crippen LogP contribution in [-0.2, 0) is 23.9 Å². The Balaban J connectivity index is 1.73. The lowest BCUT2D eigenvalue weighted by Gasteiger charge is -2.13. The number of hydrogen-bond acceptors (Lipinski definition) is 6. The third-order valence-corrected chi connectivity index (χ3v) is 4.57. The van der Waals surface area contributed by atoms with E-state index in [1.165, 1.54) is 32.2 Å². The van der Waals surface area contributed by atoms with Gasteiger partial charge >= 0.3 is 12.8 Å². The summed E-state index contributed by atoms with van der Waals surface area (Å²) in [5.74, 6) is -2.03. The number of aryl methyl sites for hydroxylation is 2. The van der Waals surface area contributed by atoms with Crippen LogP contribution in [0.5, 0.6) is 11.5 Å². The number of nitrogens with zero attached hydrogens (tertiary/aromatic N) is 4. The Morgan fingerprint density at radius 1 is 1.19 bits per heavy atom. The van der Waals surface area contributed by atoms with E-state index < -0.39 is 24.5 Å². The molecule has 0 spiro atoms. The van der Waals surface area contributed by atoms with Crippen molar-refractivity contribution in [2.75, 3.05) is 7.11 Å². The summed E-state index contributed by atoms with van der Waals surface area (Å²) in [7, 11) is 1.29. The molecule has 2 heterocycles. The number of methoxy groups -OCH3 is 1. The largest absolute Gasteiger partial charge is 0.493 e. The number of carbonyl (C=O) groups is 1. The number of alkyl halides is 5. The normalized spacial score (nSPS) is 11.8. The molecule has 0 saturated carbocycles. The number of amides is 1. The molecule has 1 amide bonds. The van der Waals surface area contributed by atoms with Crippen molar-refractivity contribution in [2.24, 2.45) is 0 Å².